The lowest BCUT2D eigenvalue weighted by Crippen LogP contribution is -2.59. The summed E-state index contributed by atoms with van der Waals surface area (Å²) in [4.78, 5) is 14.7. The van der Waals surface area contributed by atoms with E-state index in [2.05, 4.69) is 5.32 Å². The van der Waals surface area contributed by atoms with Gasteiger partial charge in [0, 0.05) is 38.2 Å². The molecule has 2 heterocycles. The van der Waals surface area contributed by atoms with Crippen LogP contribution in [0.25, 0.3) is 0 Å². The van der Waals surface area contributed by atoms with Gasteiger partial charge in [0.25, 0.3) is 11.5 Å². The highest BCUT2D eigenvalue weighted by Crippen LogP contribution is 2.51. The minimum atomic E-state index is -4.97. The number of alkyl halides is 5. The minimum absolute atomic E-state index is 0.0960. The molecule has 1 spiro atoms. The van der Waals surface area contributed by atoms with Crippen molar-refractivity contribution in [3.63, 3.8) is 0 Å². The zero-order chi connectivity index (χ0) is 26.0. The molecule has 196 valence electrons. The van der Waals surface area contributed by atoms with Crippen LogP contribution in [0, 0.1) is 5.41 Å². The van der Waals surface area contributed by atoms with Crippen molar-refractivity contribution in [2.75, 3.05) is 33.3 Å². The van der Waals surface area contributed by atoms with Gasteiger partial charge in [0.15, 0.2) is 0 Å². The van der Waals surface area contributed by atoms with Crippen LogP contribution < -0.4 is 10.1 Å². The van der Waals surface area contributed by atoms with Gasteiger partial charge >= 0.3 is 12.8 Å². The van der Waals surface area contributed by atoms with Crippen LogP contribution in [0.3, 0.4) is 0 Å². The Morgan fingerprint density at radius 3 is 2.28 bits per heavy atom. The number of methoxy groups -OCH3 is 1. The molecule has 2 aliphatic rings. The lowest BCUT2D eigenvalue weighted by atomic mass is 9.62. The molecule has 0 unspecified atom stereocenters. The van der Waals surface area contributed by atoms with E-state index in [1.54, 1.807) is 24.3 Å². The Balaban J connectivity index is 1.61. The fourth-order valence-electron chi connectivity index (χ4n) is 5.76. The molecule has 1 N–H and O–H groups in total. The quantitative estimate of drug-likeness (QED) is 0.549. The number of carbonyl (C=O) groups excluding carboxylic acids is 1. The fraction of sp³-hybridized carbons (Fsp3) is 0.500. The second-order valence-electron chi connectivity index (χ2n) is 9.33. The first-order chi connectivity index (χ1) is 17.1. The maximum atomic E-state index is 14.4. The molecule has 5 nitrogen and oxygen atoms in total. The summed E-state index contributed by atoms with van der Waals surface area (Å²) in [5.74, 6) is -1.24. The van der Waals surface area contributed by atoms with Crippen molar-refractivity contribution in [1.29, 1.82) is 0 Å². The van der Waals surface area contributed by atoms with E-state index in [0.29, 0.717) is 37.9 Å². The molecule has 2 saturated heterocycles. The number of nitrogens with one attached hydrogen (secondary N) is 1. The molecule has 36 heavy (non-hydrogen) atoms. The topological polar surface area (TPSA) is 50.8 Å². The van der Waals surface area contributed by atoms with Gasteiger partial charge in [-0.3, -0.25) is 4.79 Å². The van der Waals surface area contributed by atoms with Gasteiger partial charge in [0.2, 0.25) is 0 Å². The molecule has 2 atom stereocenters. The van der Waals surface area contributed by atoms with Crippen LogP contribution in [0.4, 0.5) is 22.0 Å². The number of benzene rings is 2. The minimum Gasteiger partial charge on any atom is -0.435 e. The number of likely N-dealkylation sites (tertiary alicyclic amines) is 1. The lowest BCUT2D eigenvalue weighted by molar-refractivity contribution is -0.271. The van der Waals surface area contributed by atoms with Gasteiger partial charge in [-0.25, -0.2) is 0 Å². The number of hydrogen-bond acceptors (Lipinski definition) is 4. The Hall–Kier alpha value is -2.72. The van der Waals surface area contributed by atoms with E-state index in [-0.39, 0.29) is 35.7 Å². The third-order valence-corrected chi connectivity index (χ3v) is 7.63. The van der Waals surface area contributed by atoms with E-state index in [1.165, 1.54) is 35.2 Å². The van der Waals surface area contributed by atoms with Crippen molar-refractivity contribution in [3.05, 3.63) is 65.7 Å². The second kappa shape index (κ2) is 10.3. The number of carbonyl (C=O) groups is 1. The van der Waals surface area contributed by atoms with Crippen LogP contribution in [0.1, 0.15) is 36.3 Å². The van der Waals surface area contributed by atoms with E-state index >= 15 is 0 Å². The predicted molar refractivity (Wildman–Crippen MR) is 123 cm³/mol. The highest BCUT2D eigenvalue weighted by molar-refractivity contribution is 5.88. The third kappa shape index (κ3) is 4.68. The van der Waals surface area contributed by atoms with E-state index in [1.807, 2.05) is 0 Å². The van der Waals surface area contributed by atoms with Gasteiger partial charge in [0.05, 0.1) is 0 Å². The van der Waals surface area contributed by atoms with Crippen LogP contribution in [-0.2, 0) is 15.1 Å². The Bertz CT molecular complexity index is 1040. The summed E-state index contributed by atoms with van der Waals surface area (Å²) < 4.78 is 79.0. The van der Waals surface area contributed by atoms with E-state index in [4.69, 9.17) is 9.47 Å². The summed E-state index contributed by atoms with van der Waals surface area (Å²) in [5.41, 5.74) is -3.12. The zero-order valence-corrected chi connectivity index (χ0v) is 19.9. The third-order valence-electron chi connectivity index (χ3n) is 7.63. The largest absolute Gasteiger partial charge is 0.435 e. The molecule has 0 bridgehead atoms. The number of piperidine rings is 2. The maximum Gasteiger partial charge on any atom is 0.430 e. The molecular formula is C26H29F5N2O3. The number of amides is 1. The van der Waals surface area contributed by atoms with E-state index < -0.39 is 24.3 Å². The zero-order valence-electron chi connectivity index (χ0n) is 19.9. The summed E-state index contributed by atoms with van der Waals surface area (Å²) >= 11 is 0. The van der Waals surface area contributed by atoms with Crippen LogP contribution >= 0.6 is 0 Å². The number of nitrogens with zero attached hydrogens (tertiary/aromatic N) is 1. The summed E-state index contributed by atoms with van der Waals surface area (Å²) in [6.45, 7) is -1.56. The first-order valence-electron chi connectivity index (χ1n) is 11.9. The molecule has 0 aliphatic carbocycles. The molecule has 0 aromatic heterocycles. The van der Waals surface area contributed by atoms with Gasteiger partial charge < -0.3 is 19.7 Å². The predicted octanol–water partition coefficient (Wildman–Crippen LogP) is 5.08. The number of halogens is 5. The highest BCUT2D eigenvalue weighted by atomic mass is 19.4. The van der Waals surface area contributed by atoms with Gasteiger partial charge in [-0.1, -0.05) is 48.5 Å². The fourth-order valence-corrected chi connectivity index (χ4v) is 5.76. The van der Waals surface area contributed by atoms with Crippen molar-refractivity contribution in [3.8, 4) is 5.75 Å². The van der Waals surface area contributed by atoms with Crippen LogP contribution in [-0.4, -0.2) is 56.9 Å². The van der Waals surface area contributed by atoms with E-state index in [9.17, 15) is 26.7 Å². The smallest absolute Gasteiger partial charge is 0.430 e. The molecular weight excluding hydrogens is 483 g/mol. The monoisotopic (exact) mass is 512 g/mol. The van der Waals surface area contributed by atoms with Crippen molar-refractivity contribution < 1.29 is 36.2 Å². The number of hydrogen-bond donors (Lipinski definition) is 1. The van der Waals surface area contributed by atoms with Crippen LogP contribution in [0.2, 0.25) is 0 Å². The summed E-state index contributed by atoms with van der Waals surface area (Å²) in [5, 5.41) is 3.30. The molecule has 10 heteroatoms. The van der Waals surface area contributed by atoms with Crippen molar-refractivity contribution in [1.82, 2.24) is 10.2 Å². The summed E-state index contributed by atoms with van der Waals surface area (Å²) in [7, 11) is 0.895. The Morgan fingerprint density at radius 1 is 1.03 bits per heavy atom. The van der Waals surface area contributed by atoms with Gasteiger partial charge in [0.1, 0.15) is 5.75 Å². The molecule has 2 aromatic carbocycles. The van der Waals surface area contributed by atoms with Crippen LogP contribution in [0.15, 0.2) is 54.6 Å². The average Bonchev–Trinajstić information content (AvgIpc) is 2.85. The Labute approximate surface area is 206 Å². The maximum absolute atomic E-state index is 14.4. The van der Waals surface area contributed by atoms with E-state index in [0.717, 1.165) is 7.11 Å². The van der Waals surface area contributed by atoms with Gasteiger partial charge in [-0.15, -0.1) is 0 Å². The highest BCUT2D eigenvalue weighted by Gasteiger charge is 2.64. The number of para-hydroxylation sites is 1. The average molecular weight is 513 g/mol. The molecule has 4 rings (SSSR count). The van der Waals surface area contributed by atoms with Crippen LogP contribution in [0.5, 0.6) is 5.75 Å². The second-order valence-corrected chi connectivity index (χ2v) is 9.33. The van der Waals surface area contributed by atoms with Crippen molar-refractivity contribution in [2.24, 2.45) is 5.41 Å². The molecule has 1 amide bonds. The van der Waals surface area contributed by atoms with Crippen molar-refractivity contribution in [2.45, 2.75) is 43.6 Å². The van der Waals surface area contributed by atoms with Gasteiger partial charge in [-0.05, 0) is 42.9 Å². The SMILES string of the molecule is CO[C@@](C(=O)N1CCC2(CCNC[C@H]2c2ccccc2OC(F)F)CC1)(c1ccccc1)C(F)(F)F. The Kier molecular flexibility index (Phi) is 7.56. The number of rotatable bonds is 6. The molecule has 2 aliphatic heterocycles. The lowest BCUT2D eigenvalue weighted by Gasteiger charge is -2.51. The van der Waals surface area contributed by atoms with Gasteiger partial charge in [-0.2, -0.15) is 22.0 Å². The Morgan fingerprint density at radius 2 is 1.67 bits per heavy atom. The molecule has 2 aromatic rings. The summed E-state index contributed by atoms with van der Waals surface area (Å²) in [6.07, 6.45) is -3.41. The molecule has 2 fully saturated rings. The number of ether oxygens (including phenoxy) is 2. The normalized spacial score (nSPS) is 21.9. The standard InChI is InChI=1S/C26H29F5N2O3/c1-35-25(26(29,30)31,18-7-3-2-4-8-18)22(34)33-15-12-24(13-16-33)11-14-32-17-20(24)19-9-5-6-10-21(19)36-23(27)28/h2-10,20,23,32H,11-17H2,1H3/t20-,25+/m0/s1. The first-order valence-corrected chi connectivity index (χ1v) is 11.9. The summed E-state index contributed by atoms with van der Waals surface area (Å²) in [6, 6.07) is 13.6. The first kappa shape index (κ1) is 26.3. The van der Waals surface area contributed by atoms with Crippen molar-refractivity contribution >= 4 is 5.91 Å². The molecule has 0 radical (unpaired) electrons. The molecule has 0 saturated carbocycles.